The molecule has 4 rings (SSSR count). The molecule has 3 heterocycles. The Labute approximate surface area is 131 Å². The van der Waals surface area contributed by atoms with E-state index in [4.69, 9.17) is 5.10 Å². The van der Waals surface area contributed by atoms with Gasteiger partial charge in [-0.2, -0.15) is 5.10 Å². The zero-order chi connectivity index (χ0) is 14.2. The van der Waals surface area contributed by atoms with Gasteiger partial charge < -0.3 is 5.32 Å². The third kappa shape index (κ3) is 2.14. The lowest BCUT2D eigenvalue weighted by atomic mass is 10.1. The third-order valence-corrected chi connectivity index (χ3v) is 4.19. The number of anilines is 1. The summed E-state index contributed by atoms with van der Waals surface area (Å²) in [5.41, 5.74) is 4.41. The molecule has 1 aromatic carbocycles. The maximum absolute atomic E-state index is 4.80. The van der Waals surface area contributed by atoms with Crippen LogP contribution in [0.5, 0.6) is 0 Å². The number of fused-ring (bicyclic) bond motifs is 1. The van der Waals surface area contributed by atoms with E-state index in [0.717, 1.165) is 40.2 Å². The van der Waals surface area contributed by atoms with Crippen molar-refractivity contribution in [3.05, 3.63) is 58.8 Å². The van der Waals surface area contributed by atoms with Gasteiger partial charge in [0.05, 0.1) is 11.4 Å². The van der Waals surface area contributed by atoms with Crippen molar-refractivity contribution in [3.63, 3.8) is 0 Å². The van der Waals surface area contributed by atoms with Crippen molar-refractivity contribution >= 4 is 21.7 Å². The summed E-state index contributed by atoms with van der Waals surface area (Å²) < 4.78 is 3.05. The fraction of sp³-hybridized carbons (Fsp3) is 0.125. The van der Waals surface area contributed by atoms with Gasteiger partial charge in [-0.15, -0.1) is 0 Å². The Morgan fingerprint density at radius 1 is 1.14 bits per heavy atom. The van der Waals surface area contributed by atoms with Crippen LogP contribution in [0.4, 0.5) is 5.82 Å². The van der Waals surface area contributed by atoms with E-state index in [-0.39, 0.29) is 0 Å². The molecule has 0 unspecified atom stereocenters. The molecule has 0 amide bonds. The lowest BCUT2D eigenvalue weighted by molar-refractivity contribution is 0.882. The Kier molecular flexibility index (Phi) is 3.00. The molecule has 0 saturated heterocycles. The molecule has 3 aromatic rings. The normalized spacial score (nSPS) is 13.0. The van der Waals surface area contributed by atoms with Crippen LogP contribution in [-0.4, -0.2) is 21.3 Å². The van der Waals surface area contributed by atoms with Crippen molar-refractivity contribution in [2.24, 2.45) is 0 Å². The SMILES string of the molecule is Brc1ccc(-n2nc(-c3cccnc3)c3c2NCC3)cc1. The second-order valence-corrected chi connectivity index (χ2v) is 5.90. The first-order valence-electron chi connectivity index (χ1n) is 6.85. The number of halogens is 1. The molecule has 0 fully saturated rings. The van der Waals surface area contributed by atoms with Gasteiger partial charge in [-0.1, -0.05) is 15.9 Å². The first-order valence-corrected chi connectivity index (χ1v) is 7.64. The van der Waals surface area contributed by atoms with Crippen LogP contribution < -0.4 is 5.32 Å². The predicted molar refractivity (Wildman–Crippen MR) is 86.7 cm³/mol. The smallest absolute Gasteiger partial charge is 0.133 e. The standard InChI is InChI=1S/C16H13BrN4/c17-12-3-5-13(6-4-12)21-16-14(7-9-19-16)15(20-21)11-2-1-8-18-10-11/h1-6,8,10,19H,7,9H2. The van der Waals surface area contributed by atoms with Gasteiger partial charge in [0.1, 0.15) is 5.82 Å². The van der Waals surface area contributed by atoms with E-state index >= 15 is 0 Å². The minimum atomic E-state index is 0.955. The molecule has 0 radical (unpaired) electrons. The molecule has 0 atom stereocenters. The molecule has 0 saturated carbocycles. The maximum atomic E-state index is 4.80. The molecule has 5 heteroatoms. The van der Waals surface area contributed by atoms with Crippen LogP contribution >= 0.6 is 15.9 Å². The van der Waals surface area contributed by atoms with Gasteiger partial charge in [0.2, 0.25) is 0 Å². The van der Waals surface area contributed by atoms with E-state index in [1.54, 1.807) is 6.20 Å². The Morgan fingerprint density at radius 3 is 2.76 bits per heavy atom. The zero-order valence-electron chi connectivity index (χ0n) is 11.3. The lowest BCUT2D eigenvalue weighted by Gasteiger charge is -2.06. The average molecular weight is 341 g/mol. The fourth-order valence-corrected chi connectivity index (χ4v) is 2.94. The van der Waals surface area contributed by atoms with Crippen LogP contribution in [0.3, 0.4) is 0 Å². The van der Waals surface area contributed by atoms with Gasteiger partial charge in [0.25, 0.3) is 0 Å². The molecule has 104 valence electrons. The van der Waals surface area contributed by atoms with Gasteiger partial charge in [0, 0.05) is 34.5 Å². The van der Waals surface area contributed by atoms with Crippen LogP contribution in [-0.2, 0) is 6.42 Å². The maximum Gasteiger partial charge on any atom is 0.133 e. The first-order chi connectivity index (χ1) is 10.3. The highest BCUT2D eigenvalue weighted by molar-refractivity contribution is 9.10. The summed E-state index contributed by atoms with van der Waals surface area (Å²) in [4.78, 5) is 4.20. The van der Waals surface area contributed by atoms with Crippen LogP contribution in [0, 0.1) is 0 Å². The average Bonchev–Trinajstić information content (AvgIpc) is 3.11. The molecule has 0 spiro atoms. The lowest BCUT2D eigenvalue weighted by Crippen LogP contribution is -2.04. The van der Waals surface area contributed by atoms with Crippen molar-refractivity contribution in [1.82, 2.24) is 14.8 Å². The van der Waals surface area contributed by atoms with Crippen molar-refractivity contribution in [3.8, 4) is 16.9 Å². The highest BCUT2D eigenvalue weighted by Crippen LogP contribution is 2.34. The van der Waals surface area contributed by atoms with Crippen molar-refractivity contribution in [2.45, 2.75) is 6.42 Å². The molecule has 0 bridgehead atoms. The highest BCUT2D eigenvalue weighted by atomic mass is 79.9. The third-order valence-electron chi connectivity index (χ3n) is 3.66. The van der Waals surface area contributed by atoms with Gasteiger partial charge in [-0.05, 0) is 42.8 Å². The Hall–Kier alpha value is -2.14. The number of benzene rings is 1. The van der Waals surface area contributed by atoms with Gasteiger partial charge >= 0.3 is 0 Å². The van der Waals surface area contributed by atoms with Gasteiger partial charge in [-0.3, -0.25) is 4.98 Å². The topological polar surface area (TPSA) is 42.7 Å². The van der Waals surface area contributed by atoms with Crippen molar-refractivity contribution in [1.29, 1.82) is 0 Å². The summed E-state index contributed by atoms with van der Waals surface area (Å²) in [5, 5.41) is 8.24. The van der Waals surface area contributed by atoms with Crippen LogP contribution in [0.2, 0.25) is 0 Å². The number of hydrogen-bond donors (Lipinski definition) is 1. The van der Waals surface area contributed by atoms with Crippen LogP contribution in [0.1, 0.15) is 5.56 Å². The van der Waals surface area contributed by atoms with E-state index in [9.17, 15) is 0 Å². The summed E-state index contributed by atoms with van der Waals surface area (Å²) in [6, 6.07) is 12.2. The number of aromatic nitrogens is 3. The van der Waals surface area contributed by atoms with E-state index in [1.807, 2.05) is 29.1 Å². The Morgan fingerprint density at radius 2 is 2.00 bits per heavy atom. The first kappa shape index (κ1) is 12.6. The quantitative estimate of drug-likeness (QED) is 0.774. The fourth-order valence-electron chi connectivity index (χ4n) is 2.68. The predicted octanol–water partition coefficient (Wildman–Crippen LogP) is 3.66. The number of hydrogen-bond acceptors (Lipinski definition) is 3. The van der Waals surface area contributed by atoms with E-state index < -0.39 is 0 Å². The summed E-state index contributed by atoms with van der Waals surface area (Å²) in [6.45, 7) is 0.955. The molecule has 21 heavy (non-hydrogen) atoms. The van der Waals surface area contributed by atoms with E-state index in [0.29, 0.717) is 0 Å². The molecular weight excluding hydrogens is 328 g/mol. The molecule has 0 aliphatic carbocycles. The number of nitrogens with zero attached hydrogens (tertiary/aromatic N) is 3. The molecular formula is C16H13BrN4. The summed E-state index contributed by atoms with van der Waals surface area (Å²) >= 11 is 3.47. The van der Waals surface area contributed by atoms with Crippen LogP contribution in [0.15, 0.2) is 53.3 Å². The second kappa shape index (κ2) is 5.00. The molecule has 1 aliphatic heterocycles. The number of pyridine rings is 1. The Bertz CT molecular complexity index is 778. The molecule has 1 N–H and O–H groups in total. The summed E-state index contributed by atoms with van der Waals surface area (Å²) in [7, 11) is 0. The number of rotatable bonds is 2. The van der Waals surface area contributed by atoms with Crippen molar-refractivity contribution in [2.75, 3.05) is 11.9 Å². The van der Waals surface area contributed by atoms with E-state index in [1.165, 1.54) is 5.56 Å². The second-order valence-electron chi connectivity index (χ2n) is 4.98. The van der Waals surface area contributed by atoms with Crippen molar-refractivity contribution < 1.29 is 0 Å². The minimum Gasteiger partial charge on any atom is -0.369 e. The molecule has 2 aromatic heterocycles. The zero-order valence-corrected chi connectivity index (χ0v) is 12.8. The highest BCUT2D eigenvalue weighted by Gasteiger charge is 2.23. The molecule has 4 nitrogen and oxygen atoms in total. The minimum absolute atomic E-state index is 0.955. The van der Waals surface area contributed by atoms with Crippen LogP contribution in [0.25, 0.3) is 16.9 Å². The molecule has 1 aliphatic rings. The van der Waals surface area contributed by atoms with Gasteiger partial charge in [0.15, 0.2) is 0 Å². The van der Waals surface area contributed by atoms with Gasteiger partial charge in [-0.25, -0.2) is 4.68 Å². The summed E-state index contributed by atoms with van der Waals surface area (Å²) in [5.74, 6) is 1.09. The monoisotopic (exact) mass is 340 g/mol. The largest absolute Gasteiger partial charge is 0.369 e. The van der Waals surface area contributed by atoms with E-state index in [2.05, 4.69) is 44.4 Å². The summed E-state index contributed by atoms with van der Waals surface area (Å²) in [6.07, 6.45) is 4.65. The number of nitrogens with one attached hydrogen (secondary N) is 1. The Balaban J connectivity index is 1.88.